The SMILES string of the molecule is C=C(Cl)N=C1C(=C(C)C)NC(=NCc2ccc(S(C)=O)cn2)C(=O)N1[C@@H](C)C1CC1. The molecule has 2 heterocycles. The molecule has 30 heavy (non-hydrogen) atoms. The Bertz CT molecular complexity index is 976. The van der Waals surface area contributed by atoms with Gasteiger partial charge < -0.3 is 5.32 Å². The van der Waals surface area contributed by atoms with E-state index in [0.29, 0.717) is 28.0 Å². The summed E-state index contributed by atoms with van der Waals surface area (Å²) in [6.45, 7) is 9.79. The largest absolute Gasteiger partial charge is 0.333 e. The van der Waals surface area contributed by atoms with Crippen LogP contribution in [0, 0.1) is 5.92 Å². The third kappa shape index (κ3) is 5.05. The fourth-order valence-corrected chi connectivity index (χ4v) is 3.78. The summed E-state index contributed by atoms with van der Waals surface area (Å²) >= 11 is 5.98. The normalized spacial score (nSPS) is 21.6. The van der Waals surface area contributed by atoms with Crippen molar-refractivity contribution in [1.82, 2.24) is 15.2 Å². The highest BCUT2D eigenvalue weighted by Crippen LogP contribution is 2.36. The number of nitrogens with one attached hydrogen (secondary N) is 1. The molecule has 0 radical (unpaired) electrons. The summed E-state index contributed by atoms with van der Waals surface area (Å²) in [4.78, 5) is 28.8. The molecule has 0 aromatic carbocycles. The number of pyridine rings is 1. The molecule has 3 rings (SSSR count). The fourth-order valence-electron chi connectivity index (χ4n) is 3.24. The monoisotopic (exact) mass is 447 g/mol. The van der Waals surface area contributed by atoms with Crippen molar-refractivity contribution in [2.75, 3.05) is 6.26 Å². The van der Waals surface area contributed by atoms with Crippen molar-refractivity contribution < 1.29 is 9.00 Å². The third-order valence-electron chi connectivity index (χ3n) is 5.08. The Morgan fingerprint density at radius 2 is 2.13 bits per heavy atom. The van der Waals surface area contributed by atoms with Crippen LogP contribution in [0.3, 0.4) is 0 Å². The average Bonchev–Trinajstić information content (AvgIpc) is 3.52. The van der Waals surface area contributed by atoms with Crippen molar-refractivity contribution in [3.63, 3.8) is 0 Å². The number of carbonyl (C=O) groups is 1. The molecule has 1 aliphatic carbocycles. The van der Waals surface area contributed by atoms with Crippen molar-refractivity contribution in [2.24, 2.45) is 15.9 Å². The number of aromatic nitrogens is 1. The Kier molecular flexibility index (Phi) is 6.88. The number of allylic oxidation sites excluding steroid dienone is 1. The Morgan fingerprint density at radius 1 is 1.43 bits per heavy atom. The minimum atomic E-state index is -1.09. The van der Waals surface area contributed by atoms with Gasteiger partial charge in [-0.1, -0.05) is 18.2 Å². The summed E-state index contributed by atoms with van der Waals surface area (Å²) in [7, 11) is -1.09. The summed E-state index contributed by atoms with van der Waals surface area (Å²) in [5.74, 6) is 0.904. The lowest BCUT2D eigenvalue weighted by molar-refractivity contribution is -0.122. The van der Waals surface area contributed by atoms with Crippen LogP contribution >= 0.6 is 11.6 Å². The maximum absolute atomic E-state index is 13.3. The van der Waals surface area contributed by atoms with Crippen LogP contribution in [0.4, 0.5) is 0 Å². The summed E-state index contributed by atoms with van der Waals surface area (Å²) in [6.07, 6.45) is 5.34. The Morgan fingerprint density at radius 3 is 2.63 bits per heavy atom. The Labute approximate surface area is 184 Å². The molecule has 1 unspecified atom stereocenters. The van der Waals surface area contributed by atoms with Crippen LogP contribution in [0.5, 0.6) is 0 Å². The van der Waals surface area contributed by atoms with Crippen molar-refractivity contribution in [3.8, 4) is 0 Å². The standard InChI is InChI=1S/C21H26ClN5O2S/c1-12(2)18-20(25-14(4)22)27(13(3)15-6-7-15)21(28)19(26-18)24-10-16-8-9-17(11-23-16)30(5)29/h8-9,11,13,15H,4,6-7,10H2,1-3,5H3,(H,24,26)/t13-,30?/m0/s1. The number of rotatable bonds is 6. The Balaban J connectivity index is 1.94. The highest BCUT2D eigenvalue weighted by atomic mass is 35.5. The van der Waals surface area contributed by atoms with Gasteiger partial charge in [-0.25, -0.2) is 4.99 Å². The van der Waals surface area contributed by atoms with E-state index in [4.69, 9.17) is 11.6 Å². The highest BCUT2D eigenvalue weighted by Gasteiger charge is 2.42. The zero-order valence-electron chi connectivity index (χ0n) is 17.6. The van der Waals surface area contributed by atoms with Gasteiger partial charge >= 0.3 is 0 Å². The summed E-state index contributed by atoms with van der Waals surface area (Å²) in [5.41, 5.74) is 2.33. The second kappa shape index (κ2) is 9.22. The number of nitrogens with zero attached hydrogens (tertiary/aromatic N) is 4. The van der Waals surface area contributed by atoms with E-state index in [1.165, 1.54) is 0 Å². The number of halogens is 1. The molecule has 1 aromatic rings. The first-order valence-electron chi connectivity index (χ1n) is 9.73. The van der Waals surface area contributed by atoms with E-state index in [9.17, 15) is 9.00 Å². The number of hydrogen-bond donors (Lipinski definition) is 1. The first-order valence-corrected chi connectivity index (χ1v) is 11.7. The predicted molar refractivity (Wildman–Crippen MR) is 121 cm³/mol. The zero-order chi connectivity index (χ0) is 22.0. The van der Waals surface area contributed by atoms with Crippen molar-refractivity contribution in [1.29, 1.82) is 0 Å². The van der Waals surface area contributed by atoms with E-state index in [-0.39, 0.29) is 29.5 Å². The molecule has 160 valence electrons. The van der Waals surface area contributed by atoms with Crippen molar-refractivity contribution in [3.05, 3.63) is 47.0 Å². The van der Waals surface area contributed by atoms with Crippen LogP contribution in [-0.2, 0) is 22.1 Å². The molecule has 1 saturated heterocycles. The van der Waals surface area contributed by atoms with E-state index < -0.39 is 10.8 Å². The van der Waals surface area contributed by atoms with E-state index in [2.05, 4.69) is 26.9 Å². The van der Waals surface area contributed by atoms with Gasteiger partial charge in [0, 0.05) is 18.5 Å². The van der Waals surface area contributed by atoms with Gasteiger partial charge in [-0.05, 0) is 57.2 Å². The van der Waals surface area contributed by atoms with Gasteiger partial charge in [0.25, 0.3) is 5.91 Å². The minimum absolute atomic E-state index is 0.0224. The van der Waals surface area contributed by atoms with E-state index in [1.807, 2.05) is 20.8 Å². The van der Waals surface area contributed by atoms with Crippen LogP contribution in [0.25, 0.3) is 0 Å². The van der Waals surface area contributed by atoms with E-state index in [0.717, 1.165) is 18.4 Å². The molecule has 7 nitrogen and oxygen atoms in total. The van der Waals surface area contributed by atoms with Gasteiger partial charge in [0.2, 0.25) is 0 Å². The van der Waals surface area contributed by atoms with Gasteiger partial charge in [-0.15, -0.1) is 0 Å². The van der Waals surface area contributed by atoms with Gasteiger partial charge in [-0.2, -0.15) is 0 Å². The number of piperazine rings is 1. The topological polar surface area (TPSA) is 87.0 Å². The van der Waals surface area contributed by atoms with Gasteiger partial charge in [-0.3, -0.25) is 23.9 Å². The molecule has 0 bridgehead atoms. The van der Waals surface area contributed by atoms with E-state index >= 15 is 0 Å². The summed E-state index contributed by atoms with van der Waals surface area (Å²) in [6, 6.07) is 3.50. The molecular formula is C21H26ClN5O2S. The van der Waals surface area contributed by atoms with Crippen molar-refractivity contribution >= 4 is 40.0 Å². The molecule has 1 saturated carbocycles. The lowest BCUT2D eigenvalue weighted by atomic mass is 10.1. The zero-order valence-corrected chi connectivity index (χ0v) is 19.2. The maximum Gasteiger partial charge on any atom is 0.295 e. The molecule has 1 amide bonds. The van der Waals surface area contributed by atoms with Crippen LogP contribution in [-0.4, -0.2) is 44.0 Å². The second-order valence-electron chi connectivity index (χ2n) is 7.67. The molecule has 1 aromatic heterocycles. The number of amides is 1. The summed E-state index contributed by atoms with van der Waals surface area (Å²) in [5, 5.41) is 3.25. The maximum atomic E-state index is 13.3. The first-order chi connectivity index (χ1) is 14.2. The fraction of sp³-hybridized carbons (Fsp3) is 0.429. The van der Waals surface area contributed by atoms with Crippen LogP contribution < -0.4 is 5.32 Å². The number of hydrogen-bond acceptors (Lipinski definition) is 5. The minimum Gasteiger partial charge on any atom is -0.333 e. The average molecular weight is 448 g/mol. The van der Waals surface area contributed by atoms with Gasteiger partial charge in [0.15, 0.2) is 11.7 Å². The molecule has 2 atom stereocenters. The number of amidine groups is 2. The lowest BCUT2D eigenvalue weighted by Gasteiger charge is -2.36. The smallest absolute Gasteiger partial charge is 0.295 e. The Hall–Kier alpha value is -2.32. The van der Waals surface area contributed by atoms with Crippen molar-refractivity contribution in [2.45, 2.75) is 51.1 Å². The van der Waals surface area contributed by atoms with Gasteiger partial charge in [0.1, 0.15) is 5.16 Å². The summed E-state index contributed by atoms with van der Waals surface area (Å²) < 4.78 is 11.5. The second-order valence-corrected chi connectivity index (χ2v) is 9.49. The van der Waals surface area contributed by atoms with Crippen LogP contribution in [0.1, 0.15) is 39.3 Å². The van der Waals surface area contributed by atoms with E-state index in [1.54, 1.807) is 29.5 Å². The molecule has 2 aliphatic rings. The molecule has 0 spiro atoms. The van der Waals surface area contributed by atoms with Gasteiger partial charge in [0.05, 0.1) is 33.6 Å². The molecular weight excluding hydrogens is 422 g/mol. The molecule has 1 aliphatic heterocycles. The number of carbonyl (C=O) groups excluding carboxylic acids is 1. The third-order valence-corrected chi connectivity index (χ3v) is 6.07. The quantitative estimate of drug-likeness (QED) is 0.677. The van der Waals surface area contributed by atoms with Crippen LogP contribution in [0.2, 0.25) is 0 Å². The molecule has 9 heteroatoms. The molecule has 1 N–H and O–H groups in total. The molecule has 2 fully saturated rings. The van der Waals surface area contributed by atoms with Crippen LogP contribution in [0.15, 0.2) is 56.2 Å². The predicted octanol–water partition coefficient (Wildman–Crippen LogP) is 3.35. The lowest BCUT2D eigenvalue weighted by Crippen LogP contribution is -2.58. The number of aliphatic imine (C=N–C) groups is 2. The first kappa shape index (κ1) is 22.4. The highest BCUT2D eigenvalue weighted by molar-refractivity contribution is 7.84.